The fourth-order valence-corrected chi connectivity index (χ4v) is 3.98. The molecule has 170 valence electrons. The Labute approximate surface area is 179 Å². The summed E-state index contributed by atoms with van der Waals surface area (Å²) in [6.07, 6.45) is 3.66. The third-order valence-corrected chi connectivity index (χ3v) is 5.96. The minimum atomic E-state index is -1.00. The molecular weight excluding hydrogens is 404 g/mol. The lowest BCUT2D eigenvalue weighted by molar-refractivity contribution is -0.134. The minimum Gasteiger partial charge on any atom is -0.383 e. The second-order valence-electron chi connectivity index (χ2n) is 8.34. The molecule has 11 nitrogen and oxygen atoms in total. The first-order chi connectivity index (χ1) is 14.7. The summed E-state index contributed by atoms with van der Waals surface area (Å²) in [5.74, 6) is -1.11. The Morgan fingerprint density at radius 1 is 1.19 bits per heavy atom. The van der Waals surface area contributed by atoms with Crippen molar-refractivity contribution >= 4 is 29.4 Å². The second kappa shape index (κ2) is 8.56. The lowest BCUT2D eigenvalue weighted by Gasteiger charge is -2.26. The maximum Gasteiger partial charge on any atom is 0.330 e. The smallest absolute Gasteiger partial charge is 0.330 e. The standard InChI is InChI=1S/C20H30N6O5/c1-4-6-10-25-15(21)14(16(28)22-18(25)30)24(9-5-2)13(27)11-26-17(29)20(3,12-7-8-12)23-19(26)31/h12H,4-11,21H2,1-3H3,(H,23,31)(H,22,28,30)/t20-/m1/s1. The van der Waals surface area contributed by atoms with E-state index in [-0.39, 0.29) is 24.0 Å². The Bertz CT molecular complexity index is 1010. The number of urea groups is 1. The molecule has 1 saturated heterocycles. The molecule has 1 aromatic heterocycles. The van der Waals surface area contributed by atoms with Crippen LogP contribution in [0, 0.1) is 5.92 Å². The number of nitrogens with two attached hydrogens (primary N) is 1. The van der Waals surface area contributed by atoms with Crippen molar-refractivity contribution in [1.82, 2.24) is 19.8 Å². The number of unbranched alkanes of at least 4 members (excludes halogenated alkanes) is 1. The van der Waals surface area contributed by atoms with Crippen LogP contribution in [0.25, 0.3) is 0 Å². The first-order valence-electron chi connectivity index (χ1n) is 10.7. The highest BCUT2D eigenvalue weighted by Crippen LogP contribution is 2.42. The van der Waals surface area contributed by atoms with Gasteiger partial charge >= 0.3 is 11.7 Å². The van der Waals surface area contributed by atoms with Crippen LogP contribution in [0.3, 0.4) is 0 Å². The number of nitrogens with zero attached hydrogens (tertiary/aromatic N) is 3. The molecule has 0 unspecified atom stereocenters. The maximum atomic E-state index is 13.1. The van der Waals surface area contributed by atoms with E-state index in [1.165, 1.54) is 4.57 Å². The van der Waals surface area contributed by atoms with Crippen LogP contribution < -0.4 is 27.2 Å². The van der Waals surface area contributed by atoms with Crippen LogP contribution in [-0.4, -0.2) is 50.9 Å². The zero-order chi connectivity index (χ0) is 22.9. The van der Waals surface area contributed by atoms with Crippen molar-refractivity contribution < 1.29 is 14.4 Å². The Hall–Kier alpha value is -3.11. The summed E-state index contributed by atoms with van der Waals surface area (Å²) < 4.78 is 1.23. The molecule has 1 aliphatic heterocycles. The number of aromatic nitrogens is 2. The molecule has 2 aliphatic rings. The summed E-state index contributed by atoms with van der Waals surface area (Å²) in [6.45, 7) is 5.36. The molecule has 1 aliphatic carbocycles. The van der Waals surface area contributed by atoms with Gasteiger partial charge < -0.3 is 16.0 Å². The fraction of sp³-hybridized carbons (Fsp3) is 0.650. The summed E-state index contributed by atoms with van der Waals surface area (Å²) in [5.41, 5.74) is 3.57. The second-order valence-corrected chi connectivity index (χ2v) is 8.34. The topological polar surface area (TPSA) is 151 Å². The number of nitrogen functional groups attached to an aromatic ring is 1. The number of aromatic amines is 1. The van der Waals surface area contributed by atoms with Gasteiger partial charge in [-0.3, -0.25) is 28.8 Å². The van der Waals surface area contributed by atoms with E-state index in [1.807, 2.05) is 13.8 Å². The quantitative estimate of drug-likeness (QED) is 0.478. The van der Waals surface area contributed by atoms with Gasteiger partial charge in [0, 0.05) is 13.1 Å². The third kappa shape index (κ3) is 4.08. The summed E-state index contributed by atoms with van der Waals surface area (Å²) >= 11 is 0. The number of hydrogen-bond acceptors (Lipinski definition) is 6. The Morgan fingerprint density at radius 2 is 1.87 bits per heavy atom. The van der Waals surface area contributed by atoms with E-state index in [2.05, 4.69) is 10.3 Å². The van der Waals surface area contributed by atoms with Gasteiger partial charge in [0.15, 0.2) is 5.69 Å². The molecule has 1 atom stereocenters. The van der Waals surface area contributed by atoms with Crippen molar-refractivity contribution in [3.05, 3.63) is 20.8 Å². The average Bonchev–Trinajstić information content (AvgIpc) is 3.53. The lowest BCUT2D eigenvalue weighted by atomic mass is 9.96. The summed E-state index contributed by atoms with van der Waals surface area (Å²) in [4.78, 5) is 67.5. The van der Waals surface area contributed by atoms with Crippen molar-refractivity contribution in [2.45, 2.75) is 65.0 Å². The summed E-state index contributed by atoms with van der Waals surface area (Å²) in [7, 11) is 0. The SMILES string of the molecule is CCCCn1c(N)c(N(CCC)C(=O)CN2C(=O)N[C@](C)(C3CC3)C2=O)c(=O)[nH]c1=O. The van der Waals surface area contributed by atoms with Crippen LogP contribution in [0.5, 0.6) is 0 Å². The van der Waals surface area contributed by atoms with Gasteiger partial charge in [0.05, 0.1) is 0 Å². The normalized spacial score (nSPS) is 20.8. The van der Waals surface area contributed by atoms with Gasteiger partial charge in [0.25, 0.3) is 11.5 Å². The van der Waals surface area contributed by atoms with Crippen LogP contribution in [-0.2, 0) is 16.1 Å². The van der Waals surface area contributed by atoms with Gasteiger partial charge in [-0.1, -0.05) is 20.3 Å². The number of nitrogens with one attached hydrogen (secondary N) is 2. The average molecular weight is 434 g/mol. The van der Waals surface area contributed by atoms with Gasteiger partial charge in [0.2, 0.25) is 5.91 Å². The largest absolute Gasteiger partial charge is 0.383 e. The Kier molecular flexibility index (Phi) is 6.23. The number of amides is 4. The Balaban J connectivity index is 1.91. The molecule has 1 saturated carbocycles. The number of carbonyl (C=O) groups excluding carboxylic acids is 3. The molecule has 0 bridgehead atoms. The highest BCUT2D eigenvalue weighted by molar-refractivity contribution is 6.10. The number of anilines is 2. The van der Waals surface area contributed by atoms with E-state index in [1.54, 1.807) is 6.92 Å². The molecule has 4 N–H and O–H groups in total. The Morgan fingerprint density at radius 3 is 2.45 bits per heavy atom. The molecule has 1 aromatic rings. The molecule has 2 fully saturated rings. The van der Waals surface area contributed by atoms with Crippen molar-refractivity contribution in [3.8, 4) is 0 Å². The number of carbonyl (C=O) groups is 3. The van der Waals surface area contributed by atoms with Crippen LogP contribution in [0.4, 0.5) is 16.3 Å². The van der Waals surface area contributed by atoms with E-state index < -0.39 is 41.2 Å². The van der Waals surface area contributed by atoms with Crippen LogP contribution in [0.15, 0.2) is 9.59 Å². The summed E-state index contributed by atoms with van der Waals surface area (Å²) in [6, 6.07) is -0.626. The summed E-state index contributed by atoms with van der Waals surface area (Å²) in [5, 5.41) is 2.70. The van der Waals surface area contributed by atoms with Crippen molar-refractivity contribution in [1.29, 1.82) is 0 Å². The molecule has 0 spiro atoms. The third-order valence-electron chi connectivity index (χ3n) is 5.96. The van der Waals surface area contributed by atoms with Crippen LogP contribution in [0.2, 0.25) is 0 Å². The van der Waals surface area contributed by atoms with E-state index in [9.17, 15) is 24.0 Å². The maximum absolute atomic E-state index is 13.1. The van der Waals surface area contributed by atoms with E-state index in [0.29, 0.717) is 19.4 Å². The number of rotatable bonds is 9. The van der Waals surface area contributed by atoms with Gasteiger partial charge in [-0.15, -0.1) is 0 Å². The highest BCUT2D eigenvalue weighted by Gasteiger charge is 2.56. The molecule has 11 heteroatoms. The molecular formula is C20H30N6O5. The first-order valence-corrected chi connectivity index (χ1v) is 10.7. The minimum absolute atomic E-state index is 0.0661. The molecule has 0 radical (unpaired) electrons. The van der Waals surface area contributed by atoms with Crippen LogP contribution in [0.1, 0.15) is 52.9 Å². The van der Waals surface area contributed by atoms with Gasteiger partial charge in [0.1, 0.15) is 17.9 Å². The monoisotopic (exact) mass is 434 g/mol. The van der Waals surface area contributed by atoms with Crippen molar-refractivity contribution in [2.75, 3.05) is 23.7 Å². The van der Waals surface area contributed by atoms with Gasteiger partial charge in [-0.2, -0.15) is 0 Å². The molecule has 4 amide bonds. The molecule has 3 rings (SSSR count). The molecule has 31 heavy (non-hydrogen) atoms. The van der Waals surface area contributed by atoms with Crippen molar-refractivity contribution in [3.63, 3.8) is 0 Å². The van der Waals surface area contributed by atoms with Gasteiger partial charge in [-0.05, 0) is 38.5 Å². The van der Waals surface area contributed by atoms with E-state index in [4.69, 9.17) is 5.73 Å². The first kappa shape index (κ1) is 22.6. The van der Waals surface area contributed by atoms with Crippen LogP contribution >= 0.6 is 0 Å². The highest BCUT2D eigenvalue weighted by atomic mass is 16.2. The zero-order valence-electron chi connectivity index (χ0n) is 18.2. The van der Waals surface area contributed by atoms with Crippen molar-refractivity contribution in [2.24, 2.45) is 5.92 Å². The predicted molar refractivity (Wildman–Crippen MR) is 115 cm³/mol. The number of H-pyrrole nitrogens is 1. The zero-order valence-corrected chi connectivity index (χ0v) is 18.2. The molecule has 2 heterocycles. The molecule has 0 aromatic carbocycles. The van der Waals surface area contributed by atoms with E-state index in [0.717, 1.165) is 29.1 Å². The number of imide groups is 1. The fourth-order valence-electron chi connectivity index (χ4n) is 3.98. The van der Waals surface area contributed by atoms with Gasteiger partial charge in [-0.25, -0.2) is 9.59 Å². The predicted octanol–water partition coefficient (Wildman–Crippen LogP) is 0.382. The van der Waals surface area contributed by atoms with E-state index >= 15 is 0 Å². The lowest BCUT2D eigenvalue weighted by Crippen LogP contribution is -2.48. The number of hydrogen-bond donors (Lipinski definition) is 3.